The van der Waals surface area contributed by atoms with Crippen molar-refractivity contribution in [2.24, 2.45) is 5.92 Å². The van der Waals surface area contributed by atoms with Gasteiger partial charge < -0.3 is 5.32 Å². The van der Waals surface area contributed by atoms with Crippen LogP contribution in [0.25, 0.3) is 0 Å². The van der Waals surface area contributed by atoms with E-state index >= 15 is 0 Å². The number of hydrogen-bond acceptors (Lipinski definition) is 3. The Hall–Kier alpha value is -1.02. The van der Waals surface area contributed by atoms with E-state index in [1.165, 1.54) is 10.4 Å². The molecule has 1 N–H and O–H groups in total. The summed E-state index contributed by atoms with van der Waals surface area (Å²) in [6.07, 6.45) is 0.809. The van der Waals surface area contributed by atoms with Crippen molar-refractivity contribution in [3.05, 3.63) is 62.1 Å². The van der Waals surface area contributed by atoms with Gasteiger partial charge in [-0.15, -0.1) is 0 Å². The number of hydrogen-bond donors (Lipinski definition) is 1. The van der Waals surface area contributed by atoms with Crippen LogP contribution < -0.4 is 5.32 Å². The molecule has 0 spiro atoms. The van der Waals surface area contributed by atoms with Crippen LogP contribution in [0.15, 0.2) is 36.4 Å². The van der Waals surface area contributed by atoms with Gasteiger partial charge in [0.2, 0.25) is 15.9 Å². The van der Waals surface area contributed by atoms with E-state index in [1.54, 1.807) is 30.3 Å². The second-order valence-electron chi connectivity index (χ2n) is 6.75. The average Bonchev–Trinajstić information content (AvgIpc) is 2.67. The highest BCUT2D eigenvalue weighted by molar-refractivity contribution is 7.88. The molecule has 0 saturated carbocycles. The number of anilines is 1. The number of halogens is 4. The summed E-state index contributed by atoms with van der Waals surface area (Å²) in [6, 6.07) is 9.70. The van der Waals surface area contributed by atoms with Crippen molar-refractivity contribution in [2.75, 3.05) is 18.4 Å². The predicted molar refractivity (Wildman–Crippen MR) is 118 cm³/mol. The molecule has 5 nitrogen and oxygen atoms in total. The number of nitrogens with zero attached hydrogens (tertiary/aromatic N) is 1. The van der Waals surface area contributed by atoms with E-state index in [1.807, 2.05) is 0 Å². The molecule has 0 bridgehead atoms. The van der Waals surface area contributed by atoms with Gasteiger partial charge in [-0.2, -0.15) is 0 Å². The Balaban J connectivity index is 1.61. The number of carbonyl (C=O) groups is 1. The van der Waals surface area contributed by atoms with Gasteiger partial charge in [0, 0.05) is 29.1 Å². The van der Waals surface area contributed by atoms with Crippen molar-refractivity contribution in [1.29, 1.82) is 0 Å². The van der Waals surface area contributed by atoms with E-state index in [2.05, 4.69) is 5.32 Å². The lowest BCUT2D eigenvalue weighted by atomic mass is 9.97. The van der Waals surface area contributed by atoms with Gasteiger partial charge in [-0.1, -0.05) is 58.5 Å². The molecule has 2 aromatic rings. The lowest BCUT2D eigenvalue weighted by Gasteiger charge is -2.30. The summed E-state index contributed by atoms with van der Waals surface area (Å²) in [5, 5.41) is 4.22. The maximum Gasteiger partial charge on any atom is 0.227 e. The third kappa shape index (κ3) is 5.57. The molecule has 156 valence electrons. The summed E-state index contributed by atoms with van der Waals surface area (Å²) in [6.45, 7) is 0.504. The van der Waals surface area contributed by atoms with Crippen molar-refractivity contribution in [3.8, 4) is 0 Å². The number of benzene rings is 2. The molecule has 3 rings (SSSR count). The minimum absolute atomic E-state index is 0.213. The zero-order chi connectivity index (χ0) is 21.2. The standard InChI is InChI=1S/C19H18Cl4N2O3S/c20-14-5-4-13(17(23)10-14)11-29(27,28)25-8-6-12(7-9-25)19(26)24-18-15(21)2-1-3-16(18)22/h1-5,10,12H,6-9,11H2,(H,24,26). The Morgan fingerprint density at radius 2 is 1.62 bits per heavy atom. The van der Waals surface area contributed by atoms with Crippen molar-refractivity contribution in [3.63, 3.8) is 0 Å². The van der Waals surface area contributed by atoms with E-state index in [0.717, 1.165) is 0 Å². The summed E-state index contributed by atoms with van der Waals surface area (Å²) in [5.41, 5.74) is 0.859. The number of piperidine rings is 1. The van der Waals surface area contributed by atoms with Gasteiger partial charge in [0.15, 0.2) is 0 Å². The molecular formula is C19H18Cl4N2O3S. The molecule has 1 fully saturated rings. The minimum Gasteiger partial charge on any atom is -0.323 e. The Morgan fingerprint density at radius 1 is 1.00 bits per heavy atom. The summed E-state index contributed by atoms with van der Waals surface area (Å²) < 4.78 is 26.9. The van der Waals surface area contributed by atoms with Crippen LogP contribution >= 0.6 is 46.4 Å². The number of para-hydroxylation sites is 1. The van der Waals surface area contributed by atoms with Crippen LogP contribution in [0, 0.1) is 5.92 Å². The van der Waals surface area contributed by atoms with Gasteiger partial charge in [-0.3, -0.25) is 4.79 Å². The van der Waals surface area contributed by atoms with Gasteiger partial charge in [-0.25, -0.2) is 12.7 Å². The summed E-state index contributed by atoms with van der Waals surface area (Å²) in [4.78, 5) is 12.6. The molecule has 29 heavy (non-hydrogen) atoms. The number of rotatable bonds is 5. The molecule has 0 aromatic heterocycles. The zero-order valence-electron chi connectivity index (χ0n) is 15.2. The maximum atomic E-state index is 12.7. The van der Waals surface area contributed by atoms with Crippen LogP contribution in [0.5, 0.6) is 0 Å². The molecule has 0 atom stereocenters. The van der Waals surface area contributed by atoms with Crippen LogP contribution in [0.4, 0.5) is 5.69 Å². The normalized spacial score (nSPS) is 16.0. The first-order chi connectivity index (χ1) is 13.7. The third-order valence-corrected chi connectivity index (χ3v) is 7.83. The first kappa shape index (κ1) is 22.7. The predicted octanol–water partition coefficient (Wildman–Crippen LogP) is 5.48. The van der Waals surface area contributed by atoms with Crippen LogP contribution in [0.1, 0.15) is 18.4 Å². The lowest BCUT2D eigenvalue weighted by Crippen LogP contribution is -2.42. The molecule has 1 saturated heterocycles. The molecule has 1 aliphatic heterocycles. The Kier molecular flexibility index (Phi) is 7.36. The third-order valence-electron chi connectivity index (χ3n) is 4.78. The SMILES string of the molecule is O=C(Nc1c(Cl)cccc1Cl)C1CCN(S(=O)(=O)Cc2ccc(Cl)cc2Cl)CC1. The van der Waals surface area contributed by atoms with E-state index in [9.17, 15) is 13.2 Å². The minimum atomic E-state index is -3.56. The van der Waals surface area contributed by atoms with Gasteiger partial charge in [0.25, 0.3) is 0 Å². The number of amides is 1. The van der Waals surface area contributed by atoms with Crippen molar-refractivity contribution in [1.82, 2.24) is 4.31 Å². The Labute approximate surface area is 189 Å². The number of sulfonamides is 1. The molecule has 0 unspecified atom stereocenters. The van der Waals surface area contributed by atoms with E-state index in [4.69, 9.17) is 46.4 Å². The molecular weight excluding hydrogens is 478 g/mol. The largest absolute Gasteiger partial charge is 0.323 e. The van der Waals surface area contributed by atoms with E-state index < -0.39 is 10.0 Å². The molecule has 0 aliphatic carbocycles. The summed E-state index contributed by atoms with van der Waals surface area (Å²) in [5.74, 6) is -0.763. The number of nitrogens with one attached hydrogen (secondary N) is 1. The van der Waals surface area contributed by atoms with E-state index in [-0.39, 0.29) is 30.7 Å². The fourth-order valence-electron chi connectivity index (χ4n) is 3.17. The monoisotopic (exact) mass is 494 g/mol. The average molecular weight is 496 g/mol. The summed E-state index contributed by atoms with van der Waals surface area (Å²) in [7, 11) is -3.56. The molecule has 0 radical (unpaired) electrons. The summed E-state index contributed by atoms with van der Waals surface area (Å²) >= 11 is 24.1. The highest BCUT2D eigenvalue weighted by atomic mass is 35.5. The highest BCUT2D eigenvalue weighted by Crippen LogP contribution is 2.31. The van der Waals surface area contributed by atoms with Crippen LogP contribution in [0.3, 0.4) is 0 Å². The molecule has 1 amide bonds. The van der Waals surface area contributed by atoms with Gasteiger partial charge in [-0.05, 0) is 42.7 Å². The maximum absolute atomic E-state index is 12.7. The quantitative estimate of drug-likeness (QED) is 0.597. The molecule has 1 heterocycles. The fraction of sp³-hybridized carbons (Fsp3) is 0.316. The van der Waals surface area contributed by atoms with Gasteiger partial charge in [0.05, 0.1) is 21.5 Å². The Bertz CT molecular complexity index is 1000. The second kappa shape index (κ2) is 9.41. The van der Waals surface area contributed by atoms with Gasteiger partial charge >= 0.3 is 0 Å². The van der Waals surface area contributed by atoms with E-state index in [0.29, 0.717) is 44.2 Å². The highest BCUT2D eigenvalue weighted by Gasteiger charge is 2.32. The zero-order valence-corrected chi connectivity index (χ0v) is 19.0. The van der Waals surface area contributed by atoms with Crippen LogP contribution in [0.2, 0.25) is 20.1 Å². The van der Waals surface area contributed by atoms with Crippen LogP contribution in [-0.4, -0.2) is 31.7 Å². The molecule has 2 aromatic carbocycles. The first-order valence-electron chi connectivity index (χ1n) is 8.84. The van der Waals surface area contributed by atoms with Crippen molar-refractivity contribution < 1.29 is 13.2 Å². The van der Waals surface area contributed by atoms with Crippen molar-refractivity contribution >= 4 is 68.0 Å². The smallest absolute Gasteiger partial charge is 0.227 e. The molecule has 1 aliphatic rings. The topological polar surface area (TPSA) is 66.5 Å². The molecule has 10 heteroatoms. The first-order valence-corrected chi connectivity index (χ1v) is 12.0. The van der Waals surface area contributed by atoms with Gasteiger partial charge in [0.1, 0.15) is 0 Å². The number of carbonyl (C=O) groups excluding carboxylic acids is 1. The van der Waals surface area contributed by atoms with Crippen molar-refractivity contribution in [2.45, 2.75) is 18.6 Å². The Morgan fingerprint density at radius 3 is 2.21 bits per heavy atom. The van der Waals surface area contributed by atoms with Crippen LogP contribution in [-0.2, 0) is 20.6 Å². The lowest BCUT2D eigenvalue weighted by molar-refractivity contribution is -0.120. The second-order valence-corrected chi connectivity index (χ2v) is 10.4. The fourth-order valence-corrected chi connectivity index (χ4v) is 5.81.